The van der Waals surface area contributed by atoms with E-state index >= 15 is 0 Å². The molecule has 2 N–H and O–H groups in total. The number of nitrogens with zero attached hydrogens (tertiary/aromatic N) is 3. The molecular formula is C32H41N5O4. The monoisotopic (exact) mass is 559 g/mol. The minimum atomic E-state index is -0.396. The van der Waals surface area contributed by atoms with Crippen molar-refractivity contribution in [2.45, 2.75) is 52.1 Å². The molecule has 1 spiro atoms. The first-order valence-corrected chi connectivity index (χ1v) is 14.6. The van der Waals surface area contributed by atoms with E-state index in [0.717, 1.165) is 68.9 Å². The van der Waals surface area contributed by atoms with Crippen molar-refractivity contribution in [2.24, 2.45) is 5.41 Å². The van der Waals surface area contributed by atoms with E-state index in [9.17, 15) is 9.59 Å². The molecule has 9 heteroatoms. The Morgan fingerprint density at radius 3 is 2.61 bits per heavy atom. The maximum atomic E-state index is 13.5. The van der Waals surface area contributed by atoms with Crippen LogP contribution < -0.4 is 20.1 Å². The predicted molar refractivity (Wildman–Crippen MR) is 157 cm³/mol. The van der Waals surface area contributed by atoms with Gasteiger partial charge in [0, 0.05) is 31.0 Å². The molecule has 0 saturated carbocycles. The van der Waals surface area contributed by atoms with Crippen molar-refractivity contribution >= 4 is 11.8 Å². The molecule has 2 amide bonds. The average Bonchev–Trinajstić information content (AvgIpc) is 3.39. The van der Waals surface area contributed by atoms with Crippen LogP contribution in [0, 0.1) is 12.3 Å². The Hall–Kier alpha value is -3.85. The van der Waals surface area contributed by atoms with Gasteiger partial charge in [-0.15, -0.1) is 0 Å². The molecule has 1 saturated heterocycles. The van der Waals surface area contributed by atoms with Gasteiger partial charge in [-0.25, -0.2) is 4.98 Å². The highest BCUT2D eigenvalue weighted by Gasteiger charge is 2.40. The molecule has 3 heterocycles. The molecule has 0 atom stereocenters. The summed E-state index contributed by atoms with van der Waals surface area (Å²) in [6, 6.07) is 13.7. The highest BCUT2D eigenvalue weighted by molar-refractivity contribution is 5.96. The lowest BCUT2D eigenvalue weighted by molar-refractivity contribution is -0.134. The molecule has 0 unspecified atom stereocenters. The zero-order valence-corrected chi connectivity index (χ0v) is 24.2. The van der Waals surface area contributed by atoms with Crippen molar-refractivity contribution in [1.82, 2.24) is 25.1 Å². The standard InChI is InChI=1S/C32H41N5O4/c1-24-33-15-19-37(24)23-26-21-25(9-10-28(26)40-2)22-36-17-12-32(13-18-36)11-5-6-14-34-30(38)27-7-3-4-8-29(27)41-20-16-35-31(32)39/h3-4,7-10,15,19,21H,5-6,11-14,16-18,20,22-23H2,1-2H3,(H,34,38)(H,35,39). The number of fused-ring (bicyclic) bond motifs is 1. The predicted octanol–water partition coefficient (Wildman–Crippen LogP) is 3.94. The van der Waals surface area contributed by atoms with Gasteiger partial charge in [0.05, 0.1) is 31.2 Å². The minimum Gasteiger partial charge on any atom is -0.496 e. The lowest BCUT2D eigenvalue weighted by atomic mass is 9.73. The Balaban J connectivity index is 1.21. The number of nitrogens with one attached hydrogen (secondary N) is 2. The molecule has 3 aromatic rings. The molecule has 2 aliphatic rings. The van der Waals surface area contributed by atoms with Crippen molar-refractivity contribution in [3.63, 3.8) is 0 Å². The number of benzene rings is 2. The van der Waals surface area contributed by atoms with Gasteiger partial charge < -0.3 is 24.7 Å². The average molecular weight is 560 g/mol. The Kier molecular flexibility index (Phi) is 9.24. The summed E-state index contributed by atoms with van der Waals surface area (Å²) in [7, 11) is 1.71. The summed E-state index contributed by atoms with van der Waals surface area (Å²) >= 11 is 0. The quantitative estimate of drug-likeness (QED) is 0.492. The summed E-state index contributed by atoms with van der Waals surface area (Å²) in [5, 5.41) is 6.16. The van der Waals surface area contributed by atoms with E-state index in [0.29, 0.717) is 37.6 Å². The summed E-state index contributed by atoms with van der Waals surface area (Å²) in [5.74, 6) is 2.39. The van der Waals surface area contributed by atoms with Gasteiger partial charge in [0.1, 0.15) is 23.9 Å². The van der Waals surface area contributed by atoms with Crippen LogP contribution in [0.2, 0.25) is 0 Å². The highest BCUT2D eigenvalue weighted by atomic mass is 16.5. The third-order valence-electron chi connectivity index (χ3n) is 8.45. The minimum absolute atomic E-state index is 0.119. The molecule has 0 aliphatic carbocycles. The molecular weight excluding hydrogens is 518 g/mol. The van der Waals surface area contributed by atoms with Crippen LogP contribution in [-0.4, -0.2) is 66.2 Å². The first-order chi connectivity index (χ1) is 20.0. The number of aryl methyl sites for hydroxylation is 1. The van der Waals surface area contributed by atoms with Gasteiger partial charge in [0.15, 0.2) is 0 Å². The van der Waals surface area contributed by atoms with E-state index in [4.69, 9.17) is 9.47 Å². The Morgan fingerprint density at radius 2 is 1.83 bits per heavy atom. The number of amides is 2. The fourth-order valence-electron chi connectivity index (χ4n) is 5.97. The lowest BCUT2D eigenvalue weighted by Crippen LogP contribution is -2.49. The fraction of sp³-hybridized carbons (Fsp3) is 0.469. The summed E-state index contributed by atoms with van der Waals surface area (Å²) in [4.78, 5) is 33.0. The summed E-state index contributed by atoms with van der Waals surface area (Å²) in [6.45, 7) is 6.56. The second kappa shape index (κ2) is 13.2. The van der Waals surface area contributed by atoms with Crippen LogP contribution in [0.3, 0.4) is 0 Å². The van der Waals surface area contributed by atoms with Gasteiger partial charge in [-0.1, -0.05) is 24.6 Å². The molecule has 9 nitrogen and oxygen atoms in total. The zero-order valence-electron chi connectivity index (χ0n) is 24.2. The van der Waals surface area contributed by atoms with Crippen LogP contribution in [0.1, 0.15) is 59.4 Å². The second-order valence-electron chi connectivity index (χ2n) is 11.1. The normalized spacial score (nSPS) is 18.5. The number of hydrogen-bond acceptors (Lipinski definition) is 6. The number of carbonyl (C=O) groups is 2. The van der Waals surface area contributed by atoms with Gasteiger partial charge in [0.25, 0.3) is 5.91 Å². The molecule has 1 aromatic heterocycles. The topological polar surface area (TPSA) is 97.7 Å². The third kappa shape index (κ3) is 6.90. The van der Waals surface area contributed by atoms with E-state index in [1.807, 2.05) is 37.5 Å². The van der Waals surface area contributed by atoms with Crippen LogP contribution in [0.4, 0.5) is 0 Å². The largest absolute Gasteiger partial charge is 0.496 e. The molecule has 0 bridgehead atoms. The van der Waals surface area contributed by atoms with Gasteiger partial charge >= 0.3 is 0 Å². The summed E-state index contributed by atoms with van der Waals surface area (Å²) in [6.07, 6.45) is 7.97. The maximum Gasteiger partial charge on any atom is 0.255 e. The number of methoxy groups -OCH3 is 1. The Morgan fingerprint density at radius 1 is 1.00 bits per heavy atom. The van der Waals surface area contributed by atoms with E-state index in [1.54, 1.807) is 19.2 Å². The van der Waals surface area contributed by atoms with Crippen molar-refractivity contribution in [1.29, 1.82) is 0 Å². The number of hydrogen-bond donors (Lipinski definition) is 2. The Bertz CT molecular complexity index is 1350. The molecule has 41 heavy (non-hydrogen) atoms. The number of carbonyl (C=O) groups excluding carboxylic acids is 2. The third-order valence-corrected chi connectivity index (χ3v) is 8.45. The number of piperidine rings is 1. The van der Waals surface area contributed by atoms with Crippen molar-refractivity contribution in [2.75, 3.05) is 39.9 Å². The van der Waals surface area contributed by atoms with Gasteiger partial charge in [-0.2, -0.15) is 0 Å². The molecule has 1 fully saturated rings. The zero-order chi connectivity index (χ0) is 28.7. The van der Waals surface area contributed by atoms with Crippen molar-refractivity contribution in [3.05, 3.63) is 77.4 Å². The summed E-state index contributed by atoms with van der Waals surface area (Å²) < 4.78 is 13.6. The van der Waals surface area contributed by atoms with Crippen molar-refractivity contribution < 1.29 is 19.1 Å². The highest BCUT2D eigenvalue weighted by Crippen LogP contribution is 2.38. The number of imidazole rings is 1. The van der Waals surface area contributed by atoms with Gasteiger partial charge in [-0.3, -0.25) is 14.5 Å². The number of ether oxygens (including phenoxy) is 2. The maximum absolute atomic E-state index is 13.5. The number of aromatic nitrogens is 2. The molecule has 5 rings (SSSR count). The number of para-hydroxylation sites is 1. The Labute approximate surface area is 242 Å². The molecule has 218 valence electrons. The number of likely N-dealkylation sites (tertiary alicyclic amines) is 1. The van der Waals surface area contributed by atoms with Crippen LogP contribution in [0.5, 0.6) is 11.5 Å². The second-order valence-corrected chi connectivity index (χ2v) is 11.1. The lowest BCUT2D eigenvalue weighted by Gasteiger charge is -2.41. The van der Waals surface area contributed by atoms with E-state index in [-0.39, 0.29) is 11.8 Å². The number of rotatable bonds is 5. The molecule has 0 radical (unpaired) electrons. The van der Waals surface area contributed by atoms with Crippen LogP contribution in [0.25, 0.3) is 0 Å². The van der Waals surface area contributed by atoms with Crippen LogP contribution in [0.15, 0.2) is 54.9 Å². The van der Waals surface area contributed by atoms with E-state index in [1.165, 1.54) is 5.56 Å². The van der Waals surface area contributed by atoms with Crippen LogP contribution >= 0.6 is 0 Å². The smallest absolute Gasteiger partial charge is 0.255 e. The van der Waals surface area contributed by atoms with Crippen molar-refractivity contribution in [3.8, 4) is 11.5 Å². The van der Waals surface area contributed by atoms with E-state index < -0.39 is 5.41 Å². The van der Waals surface area contributed by atoms with Crippen LogP contribution in [-0.2, 0) is 17.9 Å². The summed E-state index contributed by atoms with van der Waals surface area (Å²) in [5.41, 5.74) is 2.49. The SMILES string of the molecule is COc1ccc(CN2CCC3(CCCCNC(=O)c4ccccc4OCCNC3=O)CC2)cc1Cn1ccnc1C. The fourth-order valence-corrected chi connectivity index (χ4v) is 5.97. The van der Waals surface area contributed by atoms with E-state index in [2.05, 4.69) is 37.2 Å². The van der Waals surface area contributed by atoms with Gasteiger partial charge in [0.2, 0.25) is 5.91 Å². The van der Waals surface area contributed by atoms with Gasteiger partial charge in [-0.05, 0) is 75.5 Å². The molecule has 2 aromatic carbocycles. The molecule has 2 aliphatic heterocycles. The first kappa shape index (κ1) is 28.7. The first-order valence-electron chi connectivity index (χ1n) is 14.6.